The second-order valence-electron chi connectivity index (χ2n) is 5.65. The van der Waals surface area contributed by atoms with E-state index in [-0.39, 0.29) is 11.2 Å². The molecular weight excluding hydrogens is 296 g/mol. The van der Waals surface area contributed by atoms with Crippen molar-refractivity contribution in [3.8, 4) is 0 Å². The van der Waals surface area contributed by atoms with Crippen LogP contribution in [0, 0.1) is 0 Å². The number of fused-ring (bicyclic) bond motifs is 1. The van der Waals surface area contributed by atoms with Crippen LogP contribution in [0.15, 0.2) is 34.4 Å². The van der Waals surface area contributed by atoms with Gasteiger partial charge < -0.3 is 4.57 Å². The quantitative estimate of drug-likeness (QED) is 0.620. The molecule has 3 aromatic rings. The van der Waals surface area contributed by atoms with E-state index >= 15 is 0 Å². The van der Waals surface area contributed by atoms with E-state index in [9.17, 15) is 9.59 Å². The van der Waals surface area contributed by atoms with Gasteiger partial charge in [0.15, 0.2) is 11.2 Å². The lowest BCUT2D eigenvalue weighted by Gasteiger charge is -2.07. The van der Waals surface area contributed by atoms with Gasteiger partial charge in [0.25, 0.3) is 5.56 Å². The van der Waals surface area contributed by atoms with Crippen LogP contribution in [0.4, 0.5) is 0 Å². The molecule has 3 aromatic heterocycles. The summed E-state index contributed by atoms with van der Waals surface area (Å²) >= 11 is 0. The molecule has 23 heavy (non-hydrogen) atoms. The molecule has 3 heterocycles. The third-order valence-electron chi connectivity index (χ3n) is 4.06. The van der Waals surface area contributed by atoms with Gasteiger partial charge in [-0.05, 0) is 25.3 Å². The predicted octanol–water partition coefficient (Wildman–Crippen LogP) is 0.501. The molecular formula is C15H20N6O2. The summed E-state index contributed by atoms with van der Waals surface area (Å²) < 4.78 is 6.28. The maximum Gasteiger partial charge on any atom is 0.332 e. The van der Waals surface area contributed by atoms with Gasteiger partial charge in [-0.1, -0.05) is 0 Å². The predicted molar refractivity (Wildman–Crippen MR) is 86.3 cm³/mol. The summed E-state index contributed by atoms with van der Waals surface area (Å²) in [5.74, 6) is 0. The molecule has 0 aliphatic rings. The minimum atomic E-state index is -0.355. The number of nitrogens with zero attached hydrogens (tertiary/aromatic N) is 6. The number of hydrogen-bond donors (Lipinski definition) is 0. The summed E-state index contributed by atoms with van der Waals surface area (Å²) in [7, 11) is 3.12. The zero-order valence-electron chi connectivity index (χ0n) is 13.3. The van der Waals surface area contributed by atoms with Crippen LogP contribution in [0.3, 0.4) is 0 Å². The fourth-order valence-electron chi connectivity index (χ4n) is 2.73. The largest absolute Gasteiger partial charge is 0.332 e. The lowest BCUT2D eigenvalue weighted by Crippen LogP contribution is -2.37. The Bertz CT molecular complexity index is 916. The van der Waals surface area contributed by atoms with E-state index in [1.54, 1.807) is 19.6 Å². The summed E-state index contributed by atoms with van der Waals surface area (Å²) in [4.78, 5) is 28.4. The Balaban J connectivity index is 1.69. The number of aryl methyl sites for hydroxylation is 3. The Labute approximate surface area is 132 Å². The first-order valence-corrected chi connectivity index (χ1v) is 7.68. The first-order chi connectivity index (χ1) is 11.1. The van der Waals surface area contributed by atoms with Crippen molar-refractivity contribution in [2.75, 3.05) is 0 Å². The minimum Gasteiger partial charge on any atom is -0.325 e. The molecule has 0 N–H and O–H groups in total. The van der Waals surface area contributed by atoms with Gasteiger partial charge in [0.2, 0.25) is 0 Å². The lowest BCUT2D eigenvalue weighted by molar-refractivity contribution is 0.521. The van der Waals surface area contributed by atoms with E-state index in [0.717, 1.165) is 30.4 Å². The zero-order chi connectivity index (χ0) is 16.4. The molecule has 0 bridgehead atoms. The highest BCUT2D eigenvalue weighted by Crippen LogP contribution is 2.08. The summed E-state index contributed by atoms with van der Waals surface area (Å²) in [5.41, 5.74) is 0.278. The molecule has 8 heteroatoms. The van der Waals surface area contributed by atoms with Crippen LogP contribution in [0.5, 0.6) is 0 Å². The molecule has 0 aliphatic carbocycles. The first kappa shape index (κ1) is 15.3. The molecule has 0 radical (unpaired) electrons. The molecule has 0 aliphatic heterocycles. The van der Waals surface area contributed by atoms with Crippen molar-refractivity contribution in [3.63, 3.8) is 0 Å². The van der Waals surface area contributed by atoms with Crippen molar-refractivity contribution in [3.05, 3.63) is 45.6 Å². The van der Waals surface area contributed by atoms with Gasteiger partial charge in [-0.2, -0.15) is 5.10 Å². The molecule has 0 saturated heterocycles. The van der Waals surface area contributed by atoms with Crippen molar-refractivity contribution >= 4 is 11.2 Å². The molecule has 0 fully saturated rings. The minimum absolute atomic E-state index is 0.294. The Morgan fingerprint density at radius 3 is 2.57 bits per heavy atom. The fourth-order valence-corrected chi connectivity index (χ4v) is 2.73. The highest BCUT2D eigenvalue weighted by Gasteiger charge is 2.13. The maximum absolute atomic E-state index is 12.3. The summed E-state index contributed by atoms with van der Waals surface area (Å²) in [6.07, 6.45) is 8.37. The smallest absolute Gasteiger partial charge is 0.325 e. The normalized spacial score (nSPS) is 11.4. The van der Waals surface area contributed by atoms with E-state index in [4.69, 9.17) is 0 Å². The Hall–Kier alpha value is -2.64. The van der Waals surface area contributed by atoms with E-state index in [1.165, 1.54) is 11.6 Å². The monoisotopic (exact) mass is 316 g/mol. The van der Waals surface area contributed by atoms with Gasteiger partial charge in [-0.25, -0.2) is 9.78 Å². The maximum atomic E-state index is 12.3. The molecule has 0 atom stereocenters. The summed E-state index contributed by atoms with van der Waals surface area (Å²) in [6.45, 7) is 1.61. The Morgan fingerprint density at radius 2 is 1.83 bits per heavy atom. The molecule has 0 aromatic carbocycles. The van der Waals surface area contributed by atoms with Crippen LogP contribution < -0.4 is 11.2 Å². The average Bonchev–Trinajstić information content (AvgIpc) is 3.20. The average molecular weight is 316 g/mol. The summed E-state index contributed by atoms with van der Waals surface area (Å²) in [5, 5.41) is 4.17. The van der Waals surface area contributed by atoms with Crippen LogP contribution >= 0.6 is 0 Å². The van der Waals surface area contributed by atoms with Gasteiger partial charge in [-0.3, -0.25) is 18.6 Å². The molecule has 0 unspecified atom stereocenters. The van der Waals surface area contributed by atoms with Crippen LogP contribution in [0.2, 0.25) is 0 Å². The number of rotatable bonds is 6. The first-order valence-electron chi connectivity index (χ1n) is 7.68. The van der Waals surface area contributed by atoms with Crippen LogP contribution in [0.1, 0.15) is 19.3 Å². The third-order valence-corrected chi connectivity index (χ3v) is 4.06. The van der Waals surface area contributed by atoms with Crippen LogP contribution in [0.25, 0.3) is 11.2 Å². The van der Waals surface area contributed by atoms with Crippen LogP contribution in [-0.4, -0.2) is 28.5 Å². The van der Waals surface area contributed by atoms with E-state index in [1.807, 2.05) is 21.5 Å². The molecule has 0 amide bonds. The Kier molecular flexibility index (Phi) is 4.14. The van der Waals surface area contributed by atoms with E-state index in [0.29, 0.717) is 17.7 Å². The topological polar surface area (TPSA) is 79.6 Å². The van der Waals surface area contributed by atoms with Gasteiger partial charge in [-0.15, -0.1) is 0 Å². The SMILES string of the molecule is Cn1c(=O)c2c(ncn2CCCCCn2cccn2)n(C)c1=O. The molecule has 3 rings (SSSR count). The van der Waals surface area contributed by atoms with Gasteiger partial charge in [0.05, 0.1) is 6.33 Å². The molecule has 0 spiro atoms. The Morgan fingerprint density at radius 1 is 1.04 bits per heavy atom. The highest BCUT2D eigenvalue weighted by atomic mass is 16.2. The van der Waals surface area contributed by atoms with E-state index < -0.39 is 0 Å². The molecule has 8 nitrogen and oxygen atoms in total. The fraction of sp³-hybridized carbons (Fsp3) is 0.467. The van der Waals surface area contributed by atoms with Gasteiger partial charge >= 0.3 is 5.69 Å². The standard InChI is InChI=1S/C15H20N6O2/c1-18-13-12(14(22)19(2)15(18)23)20(11-16-13)8-4-3-5-9-21-10-6-7-17-21/h6-7,10-11H,3-5,8-9H2,1-2H3. The number of imidazole rings is 1. The lowest BCUT2D eigenvalue weighted by atomic mass is 10.2. The number of aromatic nitrogens is 6. The van der Waals surface area contributed by atoms with Crippen molar-refractivity contribution in [1.82, 2.24) is 28.5 Å². The van der Waals surface area contributed by atoms with Crippen LogP contribution in [-0.2, 0) is 27.2 Å². The second-order valence-corrected chi connectivity index (χ2v) is 5.65. The van der Waals surface area contributed by atoms with Gasteiger partial charge in [0.1, 0.15) is 0 Å². The van der Waals surface area contributed by atoms with Crippen molar-refractivity contribution in [2.24, 2.45) is 14.1 Å². The third kappa shape index (κ3) is 2.84. The number of unbranched alkanes of at least 4 members (excludes halogenated alkanes) is 2. The molecule has 0 saturated carbocycles. The van der Waals surface area contributed by atoms with E-state index in [2.05, 4.69) is 10.1 Å². The molecule has 122 valence electrons. The highest BCUT2D eigenvalue weighted by molar-refractivity contribution is 5.69. The second kappa shape index (κ2) is 6.23. The van der Waals surface area contributed by atoms with Crippen molar-refractivity contribution in [2.45, 2.75) is 32.4 Å². The van der Waals surface area contributed by atoms with Gasteiger partial charge in [0, 0.05) is 39.6 Å². The zero-order valence-corrected chi connectivity index (χ0v) is 13.3. The van der Waals surface area contributed by atoms with Crippen molar-refractivity contribution < 1.29 is 0 Å². The van der Waals surface area contributed by atoms with Crippen molar-refractivity contribution in [1.29, 1.82) is 0 Å². The summed E-state index contributed by atoms with van der Waals surface area (Å²) in [6, 6.07) is 1.91. The number of hydrogen-bond acceptors (Lipinski definition) is 4.